The van der Waals surface area contributed by atoms with Crippen molar-refractivity contribution >= 4 is 5.84 Å². The first kappa shape index (κ1) is 12.9. The topological polar surface area (TPSA) is 73.9 Å². The molecule has 1 fully saturated rings. The summed E-state index contributed by atoms with van der Waals surface area (Å²) in [7, 11) is 2.13. The van der Waals surface area contributed by atoms with Gasteiger partial charge in [0.25, 0.3) is 0 Å². The number of nitrogens with zero attached hydrogens (tertiary/aromatic N) is 2. The molecule has 0 aliphatic carbocycles. The second-order valence-corrected chi connectivity index (χ2v) is 4.77. The first-order chi connectivity index (χ1) is 8.70. The van der Waals surface area contributed by atoms with E-state index in [1.54, 1.807) is 0 Å². The Hall–Kier alpha value is -1.59. The molecule has 0 amide bonds. The normalized spacial score (nSPS) is 21.4. The zero-order valence-electron chi connectivity index (χ0n) is 10.6. The van der Waals surface area contributed by atoms with Crippen molar-refractivity contribution in [1.82, 2.24) is 10.2 Å². The molecule has 0 bridgehead atoms. The Bertz CT molecular complexity index is 433. The van der Waals surface area contributed by atoms with Crippen LogP contribution < -0.4 is 11.1 Å². The summed E-state index contributed by atoms with van der Waals surface area (Å²) >= 11 is 0. The zero-order chi connectivity index (χ0) is 13.0. The molecule has 5 heteroatoms. The highest BCUT2D eigenvalue weighted by Crippen LogP contribution is 2.11. The lowest BCUT2D eigenvalue weighted by Crippen LogP contribution is -2.31. The van der Waals surface area contributed by atoms with E-state index in [1.165, 1.54) is 6.42 Å². The largest absolute Gasteiger partial charge is 0.409 e. The second-order valence-electron chi connectivity index (χ2n) is 4.77. The molecular weight excluding hydrogens is 228 g/mol. The van der Waals surface area contributed by atoms with Gasteiger partial charge in [-0.25, -0.2) is 0 Å². The maximum absolute atomic E-state index is 8.76. The van der Waals surface area contributed by atoms with E-state index in [0.29, 0.717) is 6.04 Å². The van der Waals surface area contributed by atoms with Crippen molar-refractivity contribution in [3.05, 3.63) is 35.4 Å². The number of nitrogens with two attached hydrogens (primary N) is 1. The Morgan fingerprint density at radius 2 is 2.33 bits per heavy atom. The van der Waals surface area contributed by atoms with E-state index in [1.807, 2.05) is 24.3 Å². The number of hydrogen-bond acceptors (Lipinski definition) is 4. The molecule has 0 radical (unpaired) electrons. The van der Waals surface area contributed by atoms with Crippen LogP contribution in [0.2, 0.25) is 0 Å². The molecule has 0 saturated carbocycles. The first-order valence-electron chi connectivity index (χ1n) is 6.18. The van der Waals surface area contributed by atoms with Gasteiger partial charge in [0.05, 0.1) is 0 Å². The predicted molar refractivity (Wildman–Crippen MR) is 71.7 cm³/mol. The molecule has 18 heavy (non-hydrogen) atoms. The predicted octanol–water partition coefficient (Wildman–Crippen LogP) is 0.575. The summed E-state index contributed by atoms with van der Waals surface area (Å²) in [5, 5.41) is 15.3. The molecule has 0 aromatic heterocycles. The maximum Gasteiger partial charge on any atom is 0.170 e. The minimum atomic E-state index is 0.163. The molecule has 1 heterocycles. The van der Waals surface area contributed by atoms with Gasteiger partial charge in [-0.15, -0.1) is 0 Å². The van der Waals surface area contributed by atoms with Gasteiger partial charge in [0.1, 0.15) is 0 Å². The molecule has 1 aromatic carbocycles. The molecule has 1 aromatic rings. The zero-order valence-corrected chi connectivity index (χ0v) is 10.6. The number of amidine groups is 1. The number of likely N-dealkylation sites (N-methyl/N-ethyl adjacent to an activating group) is 1. The highest BCUT2D eigenvalue weighted by atomic mass is 16.4. The molecule has 0 spiro atoms. The lowest BCUT2D eigenvalue weighted by atomic mass is 10.1. The summed E-state index contributed by atoms with van der Waals surface area (Å²) in [4.78, 5) is 2.31. The molecule has 2 rings (SSSR count). The van der Waals surface area contributed by atoms with Crippen molar-refractivity contribution in [3.63, 3.8) is 0 Å². The first-order valence-corrected chi connectivity index (χ1v) is 6.18. The van der Waals surface area contributed by atoms with Crippen LogP contribution in [0.25, 0.3) is 0 Å². The van der Waals surface area contributed by atoms with Gasteiger partial charge in [0.2, 0.25) is 0 Å². The van der Waals surface area contributed by atoms with Gasteiger partial charge in [0, 0.05) is 24.7 Å². The third-order valence-electron chi connectivity index (χ3n) is 3.37. The van der Waals surface area contributed by atoms with Crippen LogP contribution in [0.1, 0.15) is 17.5 Å². The third-order valence-corrected chi connectivity index (χ3v) is 3.37. The Balaban J connectivity index is 2.01. The van der Waals surface area contributed by atoms with Gasteiger partial charge in [-0.2, -0.15) is 0 Å². The van der Waals surface area contributed by atoms with Crippen LogP contribution in [0.4, 0.5) is 0 Å². The van der Waals surface area contributed by atoms with Crippen molar-refractivity contribution in [2.24, 2.45) is 10.9 Å². The van der Waals surface area contributed by atoms with Gasteiger partial charge in [0.15, 0.2) is 5.84 Å². The summed E-state index contributed by atoms with van der Waals surface area (Å²) in [5.41, 5.74) is 7.51. The molecule has 1 saturated heterocycles. The van der Waals surface area contributed by atoms with Crippen molar-refractivity contribution < 1.29 is 5.21 Å². The average Bonchev–Trinajstić information content (AvgIpc) is 2.81. The van der Waals surface area contributed by atoms with E-state index in [4.69, 9.17) is 10.9 Å². The Labute approximate surface area is 107 Å². The van der Waals surface area contributed by atoms with E-state index in [-0.39, 0.29) is 5.84 Å². The highest BCUT2D eigenvalue weighted by molar-refractivity contribution is 5.98. The standard InChI is InChI=1S/C13H20N4O/c1-17-7-6-11(9-17)15-8-10-4-2-3-5-12(10)13(14)16-18/h2-5,11,15,18H,6-9H2,1H3,(H2,14,16). The molecule has 1 aliphatic heterocycles. The Kier molecular flexibility index (Phi) is 4.17. The summed E-state index contributed by atoms with van der Waals surface area (Å²) in [6.45, 7) is 2.95. The fourth-order valence-corrected chi connectivity index (χ4v) is 2.33. The fraction of sp³-hybridized carbons (Fsp3) is 0.462. The van der Waals surface area contributed by atoms with E-state index in [0.717, 1.165) is 30.8 Å². The van der Waals surface area contributed by atoms with Crippen LogP contribution in [-0.4, -0.2) is 42.1 Å². The average molecular weight is 248 g/mol. The van der Waals surface area contributed by atoms with Crippen LogP contribution in [0.3, 0.4) is 0 Å². The van der Waals surface area contributed by atoms with Gasteiger partial charge < -0.3 is 21.2 Å². The SMILES string of the molecule is CN1CCC(NCc2ccccc2C(N)=NO)C1. The number of oxime groups is 1. The van der Waals surface area contributed by atoms with E-state index >= 15 is 0 Å². The number of nitrogens with one attached hydrogen (secondary N) is 1. The molecule has 1 atom stereocenters. The van der Waals surface area contributed by atoms with E-state index in [9.17, 15) is 0 Å². The highest BCUT2D eigenvalue weighted by Gasteiger charge is 2.18. The summed E-state index contributed by atoms with van der Waals surface area (Å²) in [5.74, 6) is 0.163. The van der Waals surface area contributed by atoms with Crippen molar-refractivity contribution in [1.29, 1.82) is 0 Å². The second kappa shape index (κ2) is 5.84. The number of likely N-dealkylation sites (tertiary alicyclic amines) is 1. The van der Waals surface area contributed by atoms with Crippen LogP contribution in [0.5, 0.6) is 0 Å². The number of benzene rings is 1. The Morgan fingerprint density at radius 3 is 3.00 bits per heavy atom. The monoisotopic (exact) mass is 248 g/mol. The van der Waals surface area contributed by atoms with Gasteiger partial charge in [-0.3, -0.25) is 0 Å². The summed E-state index contributed by atoms with van der Waals surface area (Å²) in [6, 6.07) is 8.24. The number of rotatable bonds is 4. The van der Waals surface area contributed by atoms with E-state index in [2.05, 4.69) is 22.4 Å². The third kappa shape index (κ3) is 3.00. The van der Waals surface area contributed by atoms with Crippen LogP contribution in [-0.2, 0) is 6.54 Å². The molecule has 1 aliphatic rings. The molecule has 4 N–H and O–H groups in total. The van der Waals surface area contributed by atoms with Crippen LogP contribution in [0, 0.1) is 0 Å². The minimum absolute atomic E-state index is 0.163. The van der Waals surface area contributed by atoms with Crippen LogP contribution >= 0.6 is 0 Å². The van der Waals surface area contributed by atoms with E-state index < -0.39 is 0 Å². The molecule has 1 unspecified atom stereocenters. The lowest BCUT2D eigenvalue weighted by Gasteiger charge is -2.14. The summed E-state index contributed by atoms with van der Waals surface area (Å²) < 4.78 is 0. The Morgan fingerprint density at radius 1 is 1.56 bits per heavy atom. The minimum Gasteiger partial charge on any atom is -0.409 e. The molecule has 5 nitrogen and oxygen atoms in total. The maximum atomic E-state index is 8.76. The van der Waals surface area contributed by atoms with Gasteiger partial charge >= 0.3 is 0 Å². The smallest absolute Gasteiger partial charge is 0.170 e. The number of hydrogen-bond donors (Lipinski definition) is 3. The van der Waals surface area contributed by atoms with Crippen LogP contribution in [0.15, 0.2) is 29.4 Å². The fourth-order valence-electron chi connectivity index (χ4n) is 2.33. The molecule has 98 valence electrons. The van der Waals surface area contributed by atoms with Gasteiger partial charge in [-0.1, -0.05) is 29.4 Å². The summed E-state index contributed by atoms with van der Waals surface area (Å²) in [6.07, 6.45) is 1.17. The van der Waals surface area contributed by atoms with Crippen molar-refractivity contribution in [2.75, 3.05) is 20.1 Å². The quantitative estimate of drug-likeness (QED) is 0.315. The molecular formula is C13H20N4O. The van der Waals surface area contributed by atoms with Gasteiger partial charge in [-0.05, 0) is 25.6 Å². The van der Waals surface area contributed by atoms with Crippen molar-refractivity contribution in [3.8, 4) is 0 Å². The lowest BCUT2D eigenvalue weighted by molar-refractivity contribution is 0.318. The van der Waals surface area contributed by atoms with Crippen molar-refractivity contribution in [2.45, 2.75) is 19.0 Å².